The lowest BCUT2D eigenvalue weighted by Gasteiger charge is -2.25. The van der Waals surface area contributed by atoms with Gasteiger partial charge in [0, 0.05) is 22.5 Å². The molecule has 0 fully saturated rings. The number of hydrogen-bond acceptors (Lipinski definition) is 4. The smallest absolute Gasteiger partial charge is 0.264 e. The fourth-order valence-electron chi connectivity index (χ4n) is 4.05. The van der Waals surface area contributed by atoms with Gasteiger partial charge in [0.05, 0.1) is 10.6 Å². The minimum absolute atomic E-state index is 0.120. The standard InChI is InChI=1S/C28H24N2O4S/c1-19-12-14-22(16-20(19)2)30(35(32,33)23-8-4-3-5-9-23)18-28(31)29-21-13-15-25-24-10-6-7-11-26(24)34-27(25)17-21/h3-17H,18H2,1-2H3,(H,29,31). The first kappa shape index (κ1) is 22.7. The van der Waals surface area contributed by atoms with E-state index in [1.54, 1.807) is 42.5 Å². The van der Waals surface area contributed by atoms with Gasteiger partial charge in [0.15, 0.2) is 0 Å². The van der Waals surface area contributed by atoms with Gasteiger partial charge in [0.1, 0.15) is 17.7 Å². The van der Waals surface area contributed by atoms with Crippen LogP contribution in [0.2, 0.25) is 0 Å². The summed E-state index contributed by atoms with van der Waals surface area (Å²) in [6.45, 7) is 3.49. The SMILES string of the molecule is Cc1ccc(N(CC(=O)Nc2ccc3c(c2)oc2ccccc23)S(=O)(=O)c2ccccc2)cc1C. The van der Waals surface area contributed by atoms with E-state index >= 15 is 0 Å². The van der Waals surface area contributed by atoms with Gasteiger partial charge in [-0.25, -0.2) is 8.42 Å². The lowest BCUT2D eigenvalue weighted by Crippen LogP contribution is -2.38. The van der Waals surface area contributed by atoms with Gasteiger partial charge in [-0.3, -0.25) is 9.10 Å². The zero-order valence-corrected chi connectivity index (χ0v) is 20.2. The van der Waals surface area contributed by atoms with Crippen LogP contribution in [-0.4, -0.2) is 20.9 Å². The van der Waals surface area contributed by atoms with Gasteiger partial charge < -0.3 is 9.73 Å². The van der Waals surface area contributed by atoms with Crippen molar-refractivity contribution in [3.05, 3.63) is 102 Å². The molecule has 0 saturated carbocycles. The van der Waals surface area contributed by atoms with E-state index in [0.29, 0.717) is 17.0 Å². The van der Waals surface area contributed by atoms with E-state index in [-0.39, 0.29) is 11.4 Å². The molecule has 0 aliphatic carbocycles. The second-order valence-electron chi connectivity index (χ2n) is 8.45. The van der Waals surface area contributed by atoms with E-state index in [1.165, 1.54) is 12.1 Å². The summed E-state index contributed by atoms with van der Waals surface area (Å²) in [5.74, 6) is -0.460. The third-order valence-corrected chi connectivity index (χ3v) is 7.85. The average Bonchev–Trinajstić information content (AvgIpc) is 3.22. The van der Waals surface area contributed by atoms with Crippen molar-refractivity contribution in [3.8, 4) is 0 Å². The number of rotatable bonds is 6. The molecule has 1 aromatic heterocycles. The Kier molecular flexibility index (Phi) is 5.78. The number of sulfonamides is 1. The number of nitrogens with zero attached hydrogens (tertiary/aromatic N) is 1. The summed E-state index contributed by atoms with van der Waals surface area (Å²) in [7, 11) is -3.97. The lowest BCUT2D eigenvalue weighted by atomic mass is 10.1. The Morgan fingerprint density at radius 3 is 2.29 bits per heavy atom. The predicted molar refractivity (Wildman–Crippen MR) is 139 cm³/mol. The third kappa shape index (κ3) is 4.38. The van der Waals surface area contributed by atoms with Crippen molar-refractivity contribution < 1.29 is 17.6 Å². The molecule has 7 heteroatoms. The van der Waals surface area contributed by atoms with Gasteiger partial charge in [-0.15, -0.1) is 0 Å². The summed E-state index contributed by atoms with van der Waals surface area (Å²) >= 11 is 0. The Morgan fingerprint density at radius 2 is 1.51 bits per heavy atom. The Morgan fingerprint density at radius 1 is 0.800 bits per heavy atom. The van der Waals surface area contributed by atoms with Crippen molar-refractivity contribution in [2.75, 3.05) is 16.2 Å². The minimum Gasteiger partial charge on any atom is -0.456 e. The second-order valence-corrected chi connectivity index (χ2v) is 10.3. The van der Waals surface area contributed by atoms with Crippen molar-refractivity contribution in [3.63, 3.8) is 0 Å². The number of fused-ring (bicyclic) bond motifs is 3. The highest BCUT2D eigenvalue weighted by Gasteiger charge is 2.27. The van der Waals surface area contributed by atoms with Crippen LogP contribution in [-0.2, 0) is 14.8 Å². The van der Waals surface area contributed by atoms with Crippen molar-refractivity contribution in [1.29, 1.82) is 0 Å². The molecule has 0 atom stereocenters. The quantitative estimate of drug-likeness (QED) is 0.319. The molecule has 0 bridgehead atoms. The molecule has 0 aliphatic heterocycles. The fraction of sp³-hybridized carbons (Fsp3) is 0.107. The summed E-state index contributed by atoms with van der Waals surface area (Å²) in [6, 6.07) is 26.6. The molecule has 35 heavy (non-hydrogen) atoms. The molecule has 0 radical (unpaired) electrons. The van der Waals surface area contributed by atoms with E-state index in [9.17, 15) is 13.2 Å². The molecular weight excluding hydrogens is 460 g/mol. The van der Waals surface area contributed by atoms with E-state index < -0.39 is 15.9 Å². The van der Waals surface area contributed by atoms with Crippen LogP contribution >= 0.6 is 0 Å². The summed E-state index contributed by atoms with van der Waals surface area (Å²) in [4.78, 5) is 13.2. The molecule has 1 heterocycles. The number of anilines is 2. The number of amides is 1. The van der Waals surface area contributed by atoms with Crippen LogP contribution in [0.5, 0.6) is 0 Å². The van der Waals surface area contributed by atoms with Crippen molar-refractivity contribution in [2.24, 2.45) is 0 Å². The minimum atomic E-state index is -3.97. The molecular formula is C28H24N2O4S. The van der Waals surface area contributed by atoms with E-state index in [0.717, 1.165) is 31.8 Å². The summed E-state index contributed by atoms with van der Waals surface area (Å²) in [5, 5.41) is 4.77. The first-order chi connectivity index (χ1) is 16.8. The second kappa shape index (κ2) is 8.92. The number of carbonyl (C=O) groups is 1. The van der Waals surface area contributed by atoms with Crippen LogP contribution in [0.4, 0.5) is 11.4 Å². The molecule has 1 N–H and O–H groups in total. The number of benzene rings is 4. The number of para-hydroxylation sites is 1. The molecule has 0 saturated heterocycles. The van der Waals surface area contributed by atoms with Crippen LogP contribution in [0.3, 0.4) is 0 Å². The van der Waals surface area contributed by atoms with Gasteiger partial charge in [0.25, 0.3) is 10.0 Å². The largest absolute Gasteiger partial charge is 0.456 e. The predicted octanol–water partition coefficient (Wildman–Crippen LogP) is 6.04. The molecule has 0 aliphatic rings. The monoisotopic (exact) mass is 484 g/mol. The van der Waals surface area contributed by atoms with Crippen LogP contribution in [0, 0.1) is 13.8 Å². The highest BCUT2D eigenvalue weighted by molar-refractivity contribution is 7.92. The Balaban J connectivity index is 1.46. The summed E-state index contributed by atoms with van der Waals surface area (Å²) < 4.78 is 34.1. The number of aryl methyl sites for hydroxylation is 2. The third-order valence-electron chi connectivity index (χ3n) is 6.06. The topological polar surface area (TPSA) is 79.6 Å². The molecule has 6 nitrogen and oxygen atoms in total. The van der Waals surface area contributed by atoms with E-state index in [2.05, 4.69) is 5.32 Å². The zero-order chi connectivity index (χ0) is 24.6. The highest BCUT2D eigenvalue weighted by atomic mass is 32.2. The van der Waals surface area contributed by atoms with Crippen molar-refractivity contribution in [2.45, 2.75) is 18.7 Å². The van der Waals surface area contributed by atoms with Gasteiger partial charge in [-0.1, -0.05) is 42.5 Å². The van der Waals surface area contributed by atoms with Gasteiger partial charge in [-0.05, 0) is 67.4 Å². The first-order valence-electron chi connectivity index (χ1n) is 11.2. The molecule has 5 aromatic rings. The molecule has 0 unspecified atom stereocenters. The zero-order valence-electron chi connectivity index (χ0n) is 19.4. The fourth-order valence-corrected chi connectivity index (χ4v) is 5.48. The van der Waals surface area contributed by atoms with Crippen LogP contribution in [0.25, 0.3) is 21.9 Å². The van der Waals surface area contributed by atoms with E-state index in [4.69, 9.17) is 4.42 Å². The lowest BCUT2D eigenvalue weighted by molar-refractivity contribution is -0.114. The van der Waals surface area contributed by atoms with Gasteiger partial charge in [0.2, 0.25) is 5.91 Å². The molecule has 0 spiro atoms. The van der Waals surface area contributed by atoms with Crippen LogP contribution < -0.4 is 9.62 Å². The highest BCUT2D eigenvalue weighted by Crippen LogP contribution is 2.31. The summed E-state index contributed by atoms with van der Waals surface area (Å²) in [5.41, 5.74) is 4.34. The molecule has 4 aromatic carbocycles. The average molecular weight is 485 g/mol. The molecule has 176 valence electrons. The number of carbonyl (C=O) groups excluding carboxylic acids is 1. The van der Waals surface area contributed by atoms with Crippen molar-refractivity contribution >= 4 is 49.2 Å². The van der Waals surface area contributed by atoms with Crippen LogP contribution in [0.1, 0.15) is 11.1 Å². The maximum absolute atomic E-state index is 13.5. The van der Waals surface area contributed by atoms with Crippen molar-refractivity contribution in [1.82, 2.24) is 0 Å². The Hall–Kier alpha value is -4.10. The van der Waals surface area contributed by atoms with Gasteiger partial charge in [-0.2, -0.15) is 0 Å². The molecule has 1 amide bonds. The summed E-state index contributed by atoms with van der Waals surface area (Å²) in [6.07, 6.45) is 0. The maximum atomic E-state index is 13.5. The molecule has 5 rings (SSSR count). The Labute approximate surface area is 203 Å². The normalized spacial score (nSPS) is 11.6. The van der Waals surface area contributed by atoms with Crippen LogP contribution in [0.15, 0.2) is 100 Å². The first-order valence-corrected chi connectivity index (χ1v) is 12.6. The number of hydrogen-bond donors (Lipinski definition) is 1. The van der Waals surface area contributed by atoms with E-state index in [1.807, 2.05) is 50.2 Å². The maximum Gasteiger partial charge on any atom is 0.264 e. The Bertz CT molecular complexity index is 1660. The number of furan rings is 1. The van der Waals surface area contributed by atoms with Gasteiger partial charge >= 0.3 is 0 Å². The number of nitrogens with one attached hydrogen (secondary N) is 1.